The van der Waals surface area contributed by atoms with Gasteiger partial charge in [0.05, 0.1) is 11.5 Å². The van der Waals surface area contributed by atoms with Crippen LogP contribution in [0.25, 0.3) is 0 Å². The molecule has 0 amide bonds. The van der Waals surface area contributed by atoms with Crippen LogP contribution in [0.1, 0.15) is 66.4 Å². The van der Waals surface area contributed by atoms with Gasteiger partial charge in [0.1, 0.15) is 22.9 Å². The zero-order valence-corrected chi connectivity index (χ0v) is 18.6. The fourth-order valence-electron chi connectivity index (χ4n) is 3.83. The van der Waals surface area contributed by atoms with E-state index in [-0.39, 0.29) is 0 Å². The van der Waals surface area contributed by atoms with Gasteiger partial charge in [0.2, 0.25) is 0 Å². The molecule has 0 aromatic heterocycles. The normalized spacial score (nSPS) is 27.5. The van der Waals surface area contributed by atoms with Gasteiger partial charge in [-0.3, -0.25) is 14.4 Å². The monoisotopic (exact) mass is 422 g/mol. The molecule has 4 atom stereocenters. The fourth-order valence-corrected chi connectivity index (χ4v) is 3.83. The third-order valence-electron chi connectivity index (χ3n) is 4.84. The second-order valence-corrected chi connectivity index (χ2v) is 10.1. The van der Waals surface area contributed by atoms with E-state index in [0.717, 1.165) is 0 Å². The third-order valence-corrected chi connectivity index (χ3v) is 4.84. The van der Waals surface area contributed by atoms with Crippen LogP contribution in [-0.2, 0) is 23.9 Å². The predicted molar refractivity (Wildman–Crippen MR) is 108 cm³/mol. The lowest BCUT2D eigenvalue weighted by molar-refractivity contribution is -0.182. The first-order valence-electron chi connectivity index (χ1n) is 9.98. The second kappa shape index (κ2) is 8.10. The van der Waals surface area contributed by atoms with Crippen LogP contribution in [0.3, 0.4) is 0 Å². The van der Waals surface area contributed by atoms with Crippen LogP contribution in [-0.4, -0.2) is 39.6 Å². The molecule has 30 heavy (non-hydrogen) atoms. The largest absolute Gasteiger partial charge is 0.460 e. The van der Waals surface area contributed by atoms with Gasteiger partial charge in [0, 0.05) is 12.3 Å². The minimum absolute atomic E-state index is 0.372. The zero-order valence-electron chi connectivity index (χ0n) is 18.6. The quantitative estimate of drug-likeness (QED) is 0.592. The van der Waals surface area contributed by atoms with Crippen molar-refractivity contribution in [3.8, 4) is 0 Å². The Morgan fingerprint density at radius 1 is 1.00 bits per heavy atom. The molecule has 1 fully saturated rings. The first-order chi connectivity index (χ1) is 13.5. The Balaban J connectivity index is 2.62. The highest BCUT2D eigenvalue weighted by molar-refractivity contribution is 6.03. The lowest BCUT2D eigenvalue weighted by Crippen LogP contribution is -2.56. The van der Waals surface area contributed by atoms with Crippen LogP contribution < -0.4 is 0 Å². The maximum absolute atomic E-state index is 13.5. The van der Waals surface area contributed by atoms with Gasteiger partial charge >= 0.3 is 11.9 Å². The minimum atomic E-state index is -1.75. The van der Waals surface area contributed by atoms with Crippen molar-refractivity contribution in [2.24, 2.45) is 11.8 Å². The molecule has 1 N–H and O–H groups in total. The number of ketones is 1. The predicted octanol–water partition coefficient (Wildman–Crippen LogP) is 3.55. The zero-order chi connectivity index (χ0) is 23.1. The number of rotatable bonds is 3. The van der Waals surface area contributed by atoms with Crippen LogP contribution in [0.15, 0.2) is 24.3 Å². The molecule has 1 aliphatic carbocycles. The van der Waals surface area contributed by atoms with Crippen molar-refractivity contribution in [3.05, 3.63) is 35.6 Å². The van der Waals surface area contributed by atoms with E-state index in [1.807, 2.05) is 0 Å². The summed E-state index contributed by atoms with van der Waals surface area (Å²) in [6, 6.07) is 5.18. The van der Waals surface area contributed by atoms with Crippen molar-refractivity contribution in [1.29, 1.82) is 0 Å². The first-order valence-corrected chi connectivity index (χ1v) is 9.98. The molecule has 0 spiro atoms. The SMILES string of the molecule is CC(C)(C)OC(=O)[C@@H]1C(=O)C[C@](C)(O)[C@H](C(=O)OC(C)(C)C)[C@@H]1c1ccc(F)cc1. The molecule has 1 aromatic rings. The Hall–Kier alpha value is -2.28. The molecule has 7 heteroatoms. The van der Waals surface area contributed by atoms with Gasteiger partial charge in [-0.1, -0.05) is 12.1 Å². The van der Waals surface area contributed by atoms with Gasteiger partial charge in [-0.25, -0.2) is 4.39 Å². The van der Waals surface area contributed by atoms with E-state index in [1.54, 1.807) is 41.5 Å². The van der Waals surface area contributed by atoms with Crippen molar-refractivity contribution in [1.82, 2.24) is 0 Å². The van der Waals surface area contributed by atoms with E-state index >= 15 is 0 Å². The summed E-state index contributed by atoms with van der Waals surface area (Å²) in [6.07, 6.45) is -0.404. The number of aliphatic hydroxyl groups is 1. The van der Waals surface area contributed by atoms with Gasteiger partial charge in [0.15, 0.2) is 5.78 Å². The number of ether oxygens (including phenoxy) is 2. The van der Waals surface area contributed by atoms with Crippen LogP contribution in [0.2, 0.25) is 0 Å². The highest BCUT2D eigenvalue weighted by Gasteiger charge is 2.57. The van der Waals surface area contributed by atoms with Gasteiger partial charge in [-0.15, -0.1) is 0 Å². The van der Waals surface area contributed by atoms with Crippen molar-refractivity contribution < 1.29 is 33.4 Å². The smallest absolute Gasteiger partial charge is 0.317 e. The van der Waals surface area contributed by atoms with Crippen molar-refractivity contribution in [2.45, 2.75) is 77.6 Å². The first kappa shape index (κ1) is 24.0. The minimum Gasteiger partial charge on any atom is -0.460 e. The molecule has 0 radical (unpaired) electrons. The number of benzene rings is 1. The summed E-state index contributed by atoms with van der Waals surface area (Å²) in [6.45, 7) is 11.5. The van der Waals surface area contributed by atoms with Gasteiger partial charge in [0.25, 0.3) is 0 Å². The third kappa shape index (κ3) is 5.65. The molecule has 166 valence electrons. The molecule has 1 saturated carbocycles. The fraction of sp³-hybridized carbons (Fsp3) is 0.609. The maximum Gasteiger partial charge on any atom is 0.317 e. The van der Waals surface area contributed by atoms with E-state index in [1.165, 1.54) is 31.2 Å². The lowest BCUT2D eigenvalue weighted by Gasteiger charge is -2.44. The summed E-state index contributed by atoms with van der Waals surface area (Å²) >= 11 is 0. The van der Waals surface area contributed by atoms with Gasteiger partial charge in [-0.2, -0.15) is 0 Å². The summed E-state index contributed by atoms with van der Waals surface area (Å²) in [5.74, 6) is -6.18. The van der Waals surface area contributed by atoms with E-state index in [9.17, 15) is 23.9 Å². The van der Waals surface area contributed by atoms with Crippen molar-refractivity contribution >= 4 is 17.7 Å². The lowest BCUT2D eigenvalue weighted by atomic mass is 9.61. The van der Waals surface area contributed by atoms with E-state index in [0.29, 0.717) is 5.56 Å². The number of hydrogen-bond donors (Lipinski definition) is 1. The van der Waals surface area contributed by atoms with E-state index < -0.39 is 64.5 Å². The summed E-state index contributed by atoms with van der Waals surface area (Å²) in [5, 5.41) is 11.0. The van der Waals surface area contributed by atoms with Crippen molar-refractivity contribution in [2.75, 3.05) is 0 Å². The molecule has 1 aromatic carbocycles. The Labute approximate surface area is 176 Å². The molecule has 0 aliphatic heterocycles. The highest BCUT2D eigenvalue weighted by atomic mass is 19.1. The van der Waals surface area contributed by atoms with Gasteiger partial charge < -0.3 is 14.6 Å². The van der Waals surface area contributed by atoms with Crippen LogP contribution in [0, 0.1) is 17.7 Å². The number of halogens is 1. The Bertz CT molecular complexity index is 814. The number of carbonyl (C=O) groups excluding carboxylic acids is 3. The average molecular weight is 422 g/mol. The van der Waals surface area contributed by atoms with Crippen molar-refractivity contribution in [3.63, 3.8) is 0 Å². The number of carbonyl (C=O) groups is 3. The van der Waals surface area contributed by atoms with Crippen LogP contribution in [0.4, 0.5) is 4.39 Å². The molecule has 0 heterocycles. The summed E-state index contributed by atoms with van der Waals surface area (Å²) < 4.78 is 24.5. The molecular weight excluding hydrogens is 391 g/mol. The van der Waals surface area contributed by atoms with Crippen LogP contribution in [0.5, 0.6) is 0 Å². The standard InChI is InChI=1S/C23H31FO6/c1-21(2,3)29-19(26)17-15(25)12-23(7,28)18(20(27)30-22(4,5)6)16(17)13-8-10-14(24)11-9-13/h8-11,16-18,28H,12H2,1-7H3/t16-,17-,18+,23+/m1/s1. The van der Waals surface area contributed by atoms with E-state index in [2.05, 4.69) is 0 Å². The average Bonchev–Trinajstić information content (AvgIpc) is 2.50. The molecule has 0 unspecified atom stereocenters. The number of hydrogen-bond acceptors (Lipinski definition) is 6. The molecular formula is C23H31FO6. The molecule has 1 aliphatic rings. The Morgan fingerprint density at radius 3 is 1.93 bits per heavy atom. The summed E-state index contributed by atoms with van der Waals surface area (Å²) in [5.41, 5.74) is -3.08. The molecule has 0 saturated heterocycles. The second-order valence-electron chi connectivity index (χ2n) is 10.1. The summed E-state index contributed by atoms with van der Waals surface area (Å²) in [7, 11) is 0. The number of Topliss-reactive ketones (excluding diaryl/α,β-unsaturated/α-hetero) is 1. The van der Waals surface area contributed by atoms with E-state index in [4.69, 9.17) is 9.47 Å². The Morgan fingerprint density at radius 2 is 1.47 bits per heavy atom. The molecule has 6 nitrogen and oxygen atoms in total. The molecule has 2 rings (SSSR count). The Kier molecular flexibility index (Phi) is 6.48. The molecule has 0 bridgehead atoms. The van der Waals surface area contributed by atoms with Gasteiger partial charge in [-0.05, 0) is 66.2 Å². The van der Waals surface area contributed by atoms with Crippen LogP contribution >= 0.6 is 0 Å². The number of esters is 2. The highest BCUT2D eigenvalue weighted by Crippen LogP contribution is 2.47. The summed E-state index contributed by atoms with van der Waals surface area (Å²) in [4.78, 5) is 39.1. The topological polar surface area (TPSA) is 89.9 Å². The maximum atomic E-state index is 13.5.